The first-order valence-corrected chi connectivity index (χ1v) is 4.78. The van der Waals surface area contributed by atoms with Crippen LogP contribution in [0.5, 0.6) is 0 Å². The van der Waals surface area contributed by atoms with Crippen molar-refractivity contribution in [1.29, 1.82) is 0 Å². The van der Waals surface area contributed by atoms with Gasteiger partial charge in [0.05, 0.1) is 7.11 Å². The van der Waals surface area contributed by atoms with E-state index in [-0.39, 0.29) is 12.1 Å². The Bertz CT molecular complexity index is 459. The number of fused-ring (bicyclic) bond motifs is 1. The number of Topliss-reactive ketones (excluding diaryl/α,β-unsaturated/α-hetero) is 1. The molecule has 1 aromatic carbocycles. The minimum absolute atomic E-state index is 0.146. The Morgan fingerprint density at radius 2 is 2.31 bits per heavy atom. The highest BCUT2D eigenvalue weighted by Gasteiger charge is 2.34. The Hall–Kier alpha value is -1.75. The van der Waals surface area contributed by atoms with Crippen LogP contribution in [0.4, 0.5) is 4.39 Å². The Morgan fingerprint density at radius 1 is 1.56 bits per heavy atom. The highest BCUT2D eigenvalue weighted by atomic mass is 19.1. The molecule has 0 fully saturated rings. The zero-order valence-corrected chi connectivity index (χ0v) is 8.62. The monoisotopic (exact) mass is 223 g/mol. The van der Waals surface area contributed by atoms with E-state index in [2.05, 4.69) is 10.1 Å². The molecule has 16 heavy (non-hydrogen) atoms. The summed E-state index contributed by atoms with van der Waals surface area (Å²) in [5.74, 6) is -1.55. The molecule has 0 radical (unpaired) electrons. The summed E-state index contributed by atoms with van der Waals surface area (Å²) in [5, 5.41) is 2.65. The van der Waals surface area contributed by atoms with Gasteiger partial charge in [-0.15, -0.1) is 0 Å². The van der Waals surface area contributed by atoms with Crippen molar-refractivity contribution in [3.05, 3.63) is 35.1 Å². The minimum atomic E-state index is -1.03. The van der Waals surface area contributed by atoms with Crippen molar-refractivity contribution < 1.29 is 18.7 Å². The van der Waals surface area contributed by atoms with E-state index in [1.807, 2.05) is 0 Å². The summed E-state index contributed by atoms with van der Waals surface area (Å²) in [6.45, 7) is 0.146. The van der Waals surface area contributed by atoms with Crippen molar-refractivity contribution in [1.82, 2.24) is 5.32 Å². The summed E-state index contributed by atoms with van der Waals surface area (Å²) in [4.78, 5) is 23.1. The van der Waals surface area contributed by atoms with Crippen molar-refractivity contribution in [2.45, 2.75) is 12.6 Å². The molecule has 5 heteroatoms. The largest absolute Gasteiger partial charge is 0.468 e. The molecule has 0 amide bonds. The lowest BCUT2D eigenvalue weighted by atomic mass is 9.94. The summed E-state index contributed by atoms with van der Waals surface area (Å²) in [6.07, 6.45) is 0. The van der Waals surface area contributed by atoms with Gasteiger partial charge in [-0.1, -0.05) is 12.1 Å². The lowest BCUT2D eigenvalue weighted by Gasteiger charge is -2.23. The van der Waals surface area contributed by atoms with Gasteiger partial charge in [0.25, 0.3) is 0 Å². The number of benzene rings is 1. The second kappa shape index (κ2) is 4.02. The average molecular weight is 223 g/mol. The SMILES string of the molecule is COC(=O)C1NCc2c(F)cccc2C1=O. The Kier molecular flexibility index (Phi) is 2.70. The molecule has 1 aliphatic rings. The van der Waals surface area contributed by atoms with Gasteiger partial charge in [0.15, 0.2) is 11.8 Å². The van der Waals surface area contributed by atoms with Crippen LogP contribution in [0.25, 0.3) is 0 Å². The smallest absolute Gasteiger partial charge is 0.331 e. The highest BCUT2D eigenvalue weighted by molar-refractivity contribution is 6.13. The van der Waals surface area contributed by atoms with Crippen molar-refractivity contribution in [2.24, 2.45) is 0 Å². The zero-order chi connectivity index (χ0) is 11.7. The number of carbonyl (C=O) groups is 2. The lowest BCUT2D eigenvalue weighted by Crippen LogP contribution is -2.47. The van der Waals surface area contributed by atoms with Gasteiger partial charge in [-0.3, -0.25) is 10.1 Å². The zero-order valence-electron chi connectivity index (χ0n) is 8.62. The summed E-state index contributed by atoms with van der Waals surface area (Å²) in [7, 11) is 1.21. The number of ether oxygens (including phenoxy) is 1. The number of carbonyl (C=O) groups excluding carboxylic acids is 2. The second-order valence-corrected chi connectivity index (χ2v) is 3.47. The molecule has 0 aliphatic carbocycles. The molecule has 1 aliphatic heterocycles. The van der Waals surface area contributed by atoms with E-state index in [4.69, 9.17) is 0 Å². The molecule has 1 atom stereocenters. The molecule has 1 N–H and O–H groups in total. The van der Waals surface area contributed by atoms with Gasteiger partial charge < -0.3 is 4.74 Å². The van der Waals surface area contributed by atoms with Crippen LogP contribution in [-0.4, -0.2) is 24.9 Å². The summed E-state index contributed by atoms with van der Waals surface area (Å²) in [5.41, 5.74) is 0.543. The number of methoxy groups -OCH3 is 1. The van der Waals surface area contributed by atoms with Gasteiger partial charge in [0, 0.05) is 17.7 Å². The number of esters is 1. The van der Waals surface area contributed by atoms with Crippen LogP contribution in [-0.2, 0) is 16.1 Å². The van der Waals surface area contributed by atoms with Crippen molar-refractivity contribution >= 4 is 11.8 Å². The third-order valence-electron chi connectivity index (χ3n) is 2.57. The molecule has 2 rings (SSSR count). The molecule has 4 nitrogen and oxygen atoms in total. The number of nitrogens with one attached hydrogen (secondary N) is 1. The quantitative estimate of drug-likeness (QED) is 0.561. The fraction of sp³-hybridized carbons (Fsp3) is 0.273. The summed E-state index contributed by atoms with van der Waals surface area (Å²) >= 11 is 0. The topological polar surface area (TPSA) is 55.4 Å². The Balaban J connectivity index is 2.40. The second-order valence-electron chi connectivity index (χ2n) is 3.47. The minimum Gasteiger partial charge on any atom is -0.468 e. The predicted molar refractivity (Wildman–Crippen MR) is 53.4 cm³/mol. The van der Waals surface area contributed by atoms with E-state index < -0.39 is 23.6 Å². The maximum absolute atomic E-state index is 13.3. The maximum atomic E-state index is 13.3. The van der Waals surface area contributed by atoms with Crippen LogP contribution >= 0.6 is 0 Å². The molecular formula is C11H10FNO3. The third kappa shape index (κ3) is 1.59. The van der Waals surface area contributed by atoms with Crippen molar-refractivity contribution in [3.63, 3.8) is 0 Å². The van der Waals surface area contributed by atoms with E-state index in [0.717, 1.165) is 0 Å². The number of ketones is 1. The number of hydrogen-bond donors (Lipinski definition) is 1. The van der Waals surface area contributed by atoms with Gasteiger partial charge >= 0.3 is 5.97 Å². The fourth-order valence-corrected chi connectivity index (χ4v) is 1.73. The first-order chi connectivity index (χ1) is 7.65. The Morgan fingerprint density at radius 3 is 3.00 bits per heavy atom. The first kappa shape index (κ1) is 10.8. The normalized spacial score (nSPS) is 19.1. The van der Waals surface area contributed by atoms with E-state index in [0.29, 0.717) is 5.56 Å². The third-order valence-corrected chi connectivity index (χ3v) is 2.57. The number of hydrogen-bond acceptors (Lipinski definition) is 4. The van der Waals surface area contributed by atoms with Crippen molar-refractivity contribution in [2.75, 3.05) is 7.11 Å². The molecule has 0 saturated heterocycles. The van der Waals surface area contributed by atoms with Gasteiger partial charge in [-0.25, -0.2) is 9.18 Å². The van der Waals surface area contributed by atoms with E-state index >= 15 is 0 Å². The molecule has 0 aromatic heterocycles. The van der Waals surface area contributed by atoms with Gasteiger partial charge in [0.2, 0.25) is 0 Å². The van der Waals surface area contributed by atoms with Crippen LogP contribution in [0.1, 0.15) is 15.9 Å². The lowest BCUT2D eigenvalue weighted by molar-refractivity contribution is -0.141. The molecule has 1 heterocycles. The molecule has 0 bridgehead atoms. The molecule has 0 saturated carbocycles. The van der Waals surface area contributed by atoms with Gasteiger partial charge in [-0.05, 0) is 6.07 Å². The maximum Gasteiger partial charge on any atom is 0.331 e. The van der Waals surface area contributed by atoms with Crippen LogP contribution in [0.15, 0.2) is 18.2 Å². The predicted octanol–water partition coefficient (Wildman–Crippen LogP) is 0.653. The van der Waals surface area contributed by atoms with Crippen LogP contribution in [0.2, 0.25) is 0 Å². The van der Waals surface area contributed by atoms with E-state index in [1.54, 1.807) is 0 Å². The molecule has 1 unspecified atom stereocenters. The van der Waals surface area contributed by atoms with Crippen LogP contribution in [0.3, 0.4) is 0 Å². The van der Waals surface area contributed by atoms with Crippen molar-refractivity contribution in [3.8, 4) is 0 Å². The van der Waals surface area contributed by atoms with Gasteiger partial charge in [0.1, 0.15) is 5.82 Å². The van der Waals surface area contributed by atoms with E-state index in [1.165, 1.54) is 25.3 Å². The molecule has 0 spiro atoms. The number of rotatable bonds is 1. The van der Waals surface area contributed by atoms with E-state index in [9.17, 15) is 14.0 Å². The number of halogens is 1. The van der Waals surface area contributed by atoms with Crippen LogP contribution < -0.4 is 5.32 Å². The van der Waals surface area contributed by atoms with Gasteiger partial charge in [-0.2, -0.15) is 0 Å². The summed E-state index contributed by atoms with van der Waals surface area (Å²) in [6, 6.07) is 3.22. The van der Waals surface area contributed by atoms with Crippen LogP contribution in [0, 0.1) is 5.82 Å². The molecule has 1 aromatic rings. The first-order valence-electron chi connectivity index (χ1n) is 4.78. The average Bonchev–Trinajstić information content (AvgIpc) is 2.30. The summed E-state index contributed by atoms with van der Waals surface area (Å²) < 4.78 is 17.8. The standard InChI is InChI=1S/C11H10FNO3/c1-16-11(15)9-10(14)6-3-2-4-8(12)7(6)5-13-9/h2-4,9,13H,5H2,1H3. The highest BCUT2D eigenvalue weighted by Crippen LogP contribution is 2.20. The Labute approximate surface area is 91.4 Å². The molecular weight excluding hydrogens is 213 g/mol. The fourth-order valence-electron chi connectivity index (χ4n) is 1.73. The molecule has 84 valence electrons.